The van der Waals surface area contributed by atoms with Gasteiger partial charge in [-0.25, -0.2) is 4.79 Å². The minimum Gasteiger partial charge on any atom is -0.465 e. The zero-order chi connectivity index (χ0) is 15.5. The SMILES string of the molecule is O=C(O)Nc1ccncc1.[N-]=[N+]=NC(=O)c1ccccn1. The van der Waals surface area contributed by atoms with Gasteiger partial charge in [0.05, 0.1) is 0 Å². The van der Waals surface area contributed by atoms with Gasteiger partial charge in [-0.3, -0.25) is 20.1 Å². The van der Waals surface area contributed by atoms with E-state index < -0.39 is 12.0 Å². The molecule has 0 bridgehead atoms. The highest BCUT2D eigenvalue weighted by atomic mass is 16.4. The summed E-state index contributed by atoms with van der Waals surface area (Å²) >= 11 is 0. The Morgan fingerprint density at radius 2 is 1.90 bits per heavy atom. The summed E-state index contributed by atoms with van der Waals surface area (Å²) < 4.78 is 0. The Bertz CT molecular complexity index is 641. The molecule has 2 aromatic rings. The van der Waals surface area contributed by atoms with Gasteiger partial charge in [0.25, 0.3) is 5.91 Å². The predicted molar refractivity (Wildman–Crippen MR) is 73.6 cm³/mol. The van der Waals surface area contributed by atoms with Gasteiger partial charge in [0.1, 0.15) is 5.69 Å². The molecular formula is C12H10N6O3. The lowest BCUT2D eigenvalue weighted by Gasteiger charge is -1.96. The van der Waals surface area contributed by atoms with E-state index in [0.717, 1.165) is 0 Å². The number of pyridine rings is 2. The molecule has 2 rings (SSSR count). The second-order valence-corrected chi connectivity index (χ2v) is 3.38. The Morgan fingerprint density at radius 1 is 1.19 bits per heavy atom. The van der Waals surface area contributed by atoms with Crippen molar-refractivity contribution in [2.24, 2.45) is 5.11 Å². The molecule has 0 aliphatic carbocycles. The Labute approximate surface area is 118 Å². The third-order valence-corrected chi connectivity index (χ3v) is 1.95. The largest absolute Gasteiger partial charge is 0.465 e. The molecule has 21 heavy (non-hydrogen) atoms. The van der Waals surface area contributed by atoms with Gasteiger partial charge in [0.15, 0.2) is 0 Å². The Hall–Kier alpha value is -3.45. The molecule has 2 heterocycles. The quantitative estimate of drug-likeness (QED) is 0.496. The molecule has 0 saturated carbocycles. The maximum absolute atomic E-state index is 10.8. The van der Waals surface area contributed by atoms with Gasteiger partial charge in [-0.1, -0.05) is 6.07 Å². The molecule has 106 valence electrons. The third-order valence-electron chi connectivity index (χ3n) is 1.95. The average molecular weight is 286 g/mol. The van der Waals surface area contributed by atoms with Gasteiger partial charge in [-0.15, -0.1) is 0 Å². The summed E-state index contributed by atoms with van der Waals surface area (Å²) in [6, 6.07) is 7.96. The summed E-state index contributed by atoms with van der Waals surface area (Å²) in [6.07, 6.45) is 3.43. The van der Waals surface area contributed by atoms with E-state index in [0.29, 0.717) is 5.69 Å². The van der Waals surface area contributed by atoms with Crippen molar-refractivity contribution in [3.63, 3.8) is 0 Å². The molecule has 0 aliphatic rings. The number of hydrogen-bond acceptors (Lipinski definition) is 4. The lowest BCUT2D eigenvalue weighted by atomic mass is 10.3. The molecule has 0 spiro atoms. The van der Waals surface area contributed by atoms with Crippen LogP contribution in [0.3, 0.4) is 0 Å². The number of anilines is 1. The van der Waals surface area contributed by atoms with Crippen LogP contribution in [-0.4, -0.2) is 27.1 Å². The Balaban J connectivity index is 0.000000211. The molecule has 2 N–H and O–H groups in total. The van der Waals surface area contributed by atoms with E-state index in [1.165, 1.54) is 24.7 Å². The van der Waals surface area contributed by atoms with Crippen LogP contribution in [0.2, 0.25) is 0 Å². The van der Waals surface area contributed by atoms with Gasteiger partial charge in [-0.05, 0) is 34.9 Å². The summed E-state index contributed by atoms with van der Waals surface area (Å²) in [5, 5.41) is 13.3. The van der Waals surface area contributed by atoms with Crippen LogP contribution in [0.5, 0.6) is 0 Å². The fourth-order valence-corrected chi connectivity index (χ4v) is 1.14. The molecule has 9 nitrogen and oxygen atoms in total. The van der Waals surface area contributed by atoms with Crippen LogP contribution in [0.1, 0.15) is 10.5 Å². The van der Waals surface area contributed by atoms with Crippen LogP contribution in [0.25, 0.3) is 10.4 Å². The maximum Gasteiger partial charge on any atom is 0.409 e. The number of carboxylic acid groups (broad SMARTS) is 1. The van der Waals surface area contributed by atoms with Crippen molar-refractivity contribution >= 4 is 17.7 Å². The highest BCUT2D eigenvalue weighted by Crippen LogP contribution is 2.01. The van der Waals surface area contributed by atoms with Gasteiger partial charge in [0.2, 0.25) is 0 Å². The van der Waals surface area contributed by atoms with Gasteiger partial charge >= 0.3 is 6.09 Å². The van der Waals surface area contributed by atoms with Crippen LogP contribution in [0, 0.1) is 0 Å². The highest BCUT2D eigenvalue weighted by Gasteiger charge is 2.00. The normalized spacial score (nSPS) is 8.57. The van der Waals surface area contributed by atoms with Crippen molar-refractivity contribution < 1.29 is 14.7 Å². The van der Waals surface area contributed by atoms with Crippen LogP contribution in [-0.2, 0) is 0 Å². The number of azide groups is 1. The first-order valence-electron chi connectivity index (χ1n) is 5.54. The lowest BCUT2D eigenvalue weighted by Crippen LogP contribution is -2.06. The van der Waals surface area contributed by atoms with Crippen molar-refractivity contribution in [3.05, 3.63) is 65.1 Å². The maximum atomic E-state index is 10.8. The molecule has 9 heteroatoms. The molecule has 2 aromatic heterocycles. The second-order valence-electron chi connectivity index (χ2n) is 3.38. The third kappa shape index (κ3) is 6.32. The van der Waals surface area contributed by atoms with Crippen molar-refractivity contribution in [1.82, 2.24) is 9.97 Å². The first kappa shape index (κ1) is 15.6. The Morgan fingerprint density at radius 3 is 2.43 bits per heavy atom. The standard InChI is InChI=1S/C6H4N4O.C6H6N2O2/c7-10-9-6(11)5-3-1-2-4-8-5;9-6(10)8-5-1-3-7-4-2-5/h1-4H;1-4H,(H,7,8)(H,9,10). The molecule has 0 saturated heterocycles. The first-order chi connectivity index (χ1) is 10.1. The van der Waals surface area contributed by atoms with E-state index in [-0.39, 0.29) is 5.69 Å². The molecule has 2 amide bonds. The lowest BCUT2D eigenvalue weighted by molar-refractivity contribution is 0.0995. The fourth-order valence-electron chi connectivity index (χ4n) is 1.14. The van der Waals surface area contributed by atoms with Crippen molar-refractivity contribution in [3.8, 4) is 0 Å². The number of aromatic nitrogens is 2. The highest BCUT2D eigenvalue weighted by molar-refractivity contribution is 5.92. The predicted octanol–water partition coefficient (Wildman–Crippen LogP) is 2.70. The molecule has 0 unspecified atom stereocenters. The smallest absolute Gasteiger partial charge is 0.409 e. The van der Waals surface area contributed by atoms with Crippen LogP contribution >= 0.6 is 0 Å². The van der Waals surface area contributed by atoms with E-state index in [2.05, 4.69) is 25.3 Å². The number of hydrogen-bond donors (Lipinski definition) is 2. The summed E-state index contributed by atoms with van der Waals surface area (Å²) in [5.41, 5.74) is 8.60. The molecular weight excluding hydrogens is 276 g/mol. The van der Waals surface area contributed by atoms with Crippen LogP contribution in [0.4, 0.5) is 10.5 Å². The topological polar surface area (TPSA) is 141 Å². The molecule has 0 aromatic carbocycles. The number of nitrogens with zero attached hydrogens (tertiary/aromatic N) is 5. The van der Waals surface area contributed by atoms with Crippen molar-refractivity contribution in [1.29, 1.82) is 0 Å². The first-order valence-corrected chi connectivity index (χ1v) is 5.54. The van der Waals surface area contributed by atoms with E-state index in [9.17, 15) is 9.59 Å². The summed E-state index contributed by atoms with van der Waals surface area (Å²) in [6.45, 7) is 0. The minimum atomic E-state index is -1.06. The average Bonchev–Trinajstić information content (AvgIpc) is 2.49. The summed E-state index contributed by atoms with van der Waals surface area (Å²) in [5.74, 6) is -0.659. The number of nitrogens with one attached hydrogen (secondary N) is 1. The number of carbonyl (C=O) groups is 2. The fraction of sp³-hybridized carbons (Fsp3) is 0. The van der Waals surface area contributed by atoms with Crippen molar-refractivity contribution in [2.75, 3.05) is 5.32 Å². The number of carbonyl (C=O) groups excluding carboxylic acids is 1. The Kier molecular flexibility index (Phi) is 6.40. The molecule has 0 aliphatic heterocycles. The van der Waals surface area contributed by atoms with Gasteiger partial charge in [0, 0.05) is 29.2 Å². The minimum absolute atomic E-state index is 0.158. The number of amides is 2. The van der Waals surface area contributed by atoms with Crippen LogP contribution in [0.15, 0.2) is 54.0 Å². The second kappa shape index (κ2) is 8.62. The van der Waals surface area contributed by atoms with E-state index in [1.54, 1.807) is 24.3 Å². The van der Waals surface area contributed by atoms with E-state index >= 15 is 0 Å². The molecule has 0 radical (unpaired) electrons. The molecule has 0 atom stereocenters. The van der Waals surface area contributed by atoms with E-state index in [1.807, 2.05) is 0 Å². The number of rotatable bonds is 2. The van der Waals surface area contributed by atoms with E-state index in [4.69, 9.17) is 10.6 Å². The van der Waals surface area contributed by atoms with Crippen LogP contribution < -0.4 is 5.32 Å². The summed E-state index contributed by atoms with van der Waals surface area (Å²) in [4.78, 5) is 30.5. The zero-order valence-electron chi connectivity index (χ0n) is 10.6. The summed E-state index contributed by atoms with van der Waals surface area (Å²) in [7, 11) is 0. The van der Waals surface area contributed by atoms with Crippen molar-refractivity contribution in [2.45, 2.75) is 0 Å². The van der Waals surface area contributed by atoms with Gasteiger partial charge < -0.3 is 5.11 Å². The molecule has 0 fully saturated rings. The monoisotopic (exact) mass is 286 g/mol. The van der Waals surface area contributed by atoms with Gasteiger partial charge in [-0.2, -0.15) is 0 Å². The zero-order valence-corrected chi connectivity index (χ0v) is 10.6.